The summed E-state index contributed by atoms with van der Waals surface area (Å²) in [5.41, 5.74) is 10.9. The Balaban J connectivity index is 0.758. The number of aryl methyl sites for hydroxylation is 2. The van der Waals surface area contributed by atoms with Crippen LogP contribution in [0.5, 0.6) is 5.75 Å². The fourth-order valence-electron chi connectivity index (χ4n) is 9.95. The lowest BCUT2D eigenvalue weighted by Crippen LogP contribution is -2.52. The van der Waals surface area contributed by atoms with Gasteiger partial charge in [-0.1, -0.05) is 82.9 Å². The van der Waals surface area contributed by atoms with E-state index in [0.29, 0.717) is 29.9 Å². The van der Waals surface area contributed by atoms with Crippen LogP contribution in [0, 0.1) is 18.8 Å². The molecule has 1 saturated heterocycles. The normalized spacial score (nSPS) is 22.3. The molecule has 2 unspecified atom stereocenters. The molecule has 1 saturated carbocycles. The summed E-state index contributed by atoms with van der Waals surface area (Å²) in [6.45, 7) is 13.9. The Kier molecular flexibility index (Phi) is 13.8. The number of rotatable bonds is 18. The van der Waals surface area contributed by atoms with E-state index in [1.165, 1.54) is 68.2 Å². The van der Waals surface area contributed by atoms with Crippen molar-refractivity contribution in [2.75, 3.05) is 11.9 Å². The lowest BCUT2D eigenvalue weighted by Gasteiger charge is -2.34. The molecule has 3 aliphatic carbocycles. The van der Waals surface area contributed by atoms with Crippen LogP contribution >= 0.6 is 0 Å². The Hall–Kier alpha value is -4.72. The van der Waals surface area contributed by atoms with Crippen molar-refractivity contribution in [3.8, 4) is 5.75 Å². The predicted molar refractivity (Wildman–Crippen MR) is 233 cm³/mol. The lowest BCUT2D eigenvalue weighted by atomic mass is 9.72. The number of allylic oxidation sites excluding steroid dienone is 4. The van der Waals surface area contributed by atoms with Gasteiger partial charge in [-0.15, -0.1) is 0 Å². The van der Waals surface area contributed by atoms with E-state index >= 15 is 0 Å². The average molecular weight is 785 g/mol. The second-order valence-corrected chi connectivity index (χ2v) is 17.4. The number of piperidine rings is 1. The highest BCUT2D eigenvalue weighted by Gasteiger charge is 2.44. The molecule has 3 amide bonds. The van der Waals surface area contributed by atoms with E-state index in [0.717, 1.165) is 104 Å². The highest BCUT2D eigenvalue weighted by atomic mass is 16.5. The maximum atomic E-state index is 13.5. The first-order valence-electron chi connectivity index (χ1n) is 22.3. The van der Waals surface area contributed by atoms with Gasteiger partial charge in [0, 0.05) is 47.0 Å². The van der Waals surface area contributed by atoms with Crippen molar-refractivity contribution in [1.29, 1.82) is 0 Å². The number of nitrogens with zero attached hydrogens (tertiary/aromatic N) is 2. The molecule has 7 rings (SSSR count). The van der Waals surface area contributed by atoms with Crippen LogP contribution in [0.3, 0.4) is 0 Å². The minimum atomic E-state index is -0.655. The van der Waals surface area contributed by atoms with Gasteiger partial charge >= 0.3 is 0 Å². The van der Waals surface area contributed by atoms with E-state index in [1.807, 2.05) is 6.20 Å². The number of aromatic nitrogens is 1. The summed E-state index contributed by atoms with van der Waals surface area (Å²) in [5.74, 6) is 1.81. The largest absolute Gasteiger partial charge is 0.493 e. The molecule has 5 aliphatic rings. The van der Waals surface area contributed by atoms with Gasteiger partial charge in [0.2, 0.25) is 11.8 Å². The van der Waals surface area contributed by atoms with E-state index in [-0.39, 0.29) is 18.2 Å². The maximum absolute atomic E-state index is 13.5. The first-order chi connectivity index (χ1) is 28.2. The Bertz CT molecular complexity index is 1980. The van der Waals surface area contributed by atoms with Crippen LogP contribution in [-0.2, 0) is 20.8 Å². The third-order valence-corrected chi connectivity index (χ3v) is 13.5. The number of fused-ring (bicyclic) bond motifs is 1. The van der Waals surface area contributed by atoms with Gasteiger partial charge in [0.1, 0.15) is 11.8 Å². The molecular formula is C50H64N4O4. The molecule has 0 spiro atoms. The third kappa shape index (κ3) is 9.59. The van der Waals surface area contributed by atoms with Gasteiger partial charge in [-0.25, -0.2) is 0 Å². The number of imide groups is 1. The van der Waals surface area contributed by atoms with E-state index in [9.17, 15) is 14.4 Å². The second-order valence-electron chi connectivity index (χ2n) is 17.4. The zero-order valence-corrected chi connectivity index (χ0v) is 35.0. The summed E-state index contributed by atoms with van der Waals surface area (Å²) in [6.07, 6.45) is 28.2. The molecule has 2 fully saturated rings. The Labute approximate surface area is 346 Å². The molecule has 2 aliphatic heterocycles. The van der Waals surface area contributed by atoms with Crippen molar-refractivity contribution in [3.05, 3.63) is 106 Å². The van der Waals surface area contributed by atoms with E-state index in [2.05, 4.69) is 85.1 Å². The summed E-state index contributed by atoms with van der Waals surface area (Å²) in [5, 5.41) is 6.03. The summed E-state index contributed by atoms with van der Waals surface area (Å²) in [7, 11) is 0. The molecule has 0 bridgehead atoms. The fourth-order valence-corrected chi connectivity index (χ4v) is 9.95. The number of anilines is 1. The highest BCUT2D eigenvalue weighted by molar-refractivity contribution is 6.09. The van der Waals surface area contributed by atoms with Crippen LogP contribution in [0.4, 0.5) is 5.69 Å². The summed E-state index contributed by atoms with van der Waals surface area (Å²) < 4.78 is 6.29. The zero-order chi connectivity index (χ0) is 40.6. The minimum absolute atomic E-state index is 0.124. The Morgan fingerprint density at radius 2 is 1.71 bits per heavy atom. The van der Waals surface area contributed by atoms with Gasteiger partial charge < -0.3 is 10.1 Å². The number of amides is 3. The van der Waals surface area contributed by atoms with Crippen LogP contribution in [-0.4, -0.2) is 40.3 Å². The number of ether oxygens (including phenoxy) is 1. The topological polar surface area (TPSA) is 101 Å². The van der Waals surface area contributed by atoms with Crippen molar-refractivity contribution in [2.24, 2.45) is 11.8 Å². The van der Waals surface area contributed by atoms with Gasteiger partial charge in [-0.2, -0.15) is 0 Å². The molecule has 2 N–H and O–H groups in total. The van der Waals surface area contributed by atoms with Gasteiger partial charge in [0.25, 0.3) is 5.91 Å². The molecule has 58 heavy (non-hydrogen) atoms. The standard InChI is InChI=1S/C50H64N4O4/c1-33-21-26-40(52-35(3)34(2)37-22-24-38(25-23-37)42-29-30-51-44-20-13-12-18-43(42)44)32-46(33)58-31-14-10-8-6-5-7-9-11-16-39-17-15-19-41-36(4)54(50(57)48(39)41)45-27-28-47(55)53-49(45)56/h12,17-18,21,26,29-30,32,34,37-38,45,52H,3-11,13-16,19-20,22-25,27-28,31H2,1-2H3,(H,53,55,56). The number of hydrogen-bond acceptors (Lipinski definition) is 6. The monoisotopic (exact) mass is 784 g/mol. The third-order valence-electron chi connectivity index (χ3n) is 13.5. The van der Waals surface area contributed by atoms with Crippen LogP contribution in [0.25, 0.3) is 6.08 Å². The smallest absolute Gasteiger partial charge is 0.259 e. The van der Waals surface area contributed by atoms with Gasteiger partial charge in [-0.05, 0) is 142 Å². The number of pyridine rings is 1. The van der Waals surface area contributed by atoms with Crippen molar-refractivity contribution in [1.82, 2.24) is 15.2 Å². The number of unbranched alkanes of at least 4 members (excludes halogenated alkanes) is 7. The maximum Gasteiger partial charge on any atom is 0.259 e. The molecule has 308 valence electrons. The fraction of sp³-hybridized carbons (Fsp3) is 0.520. The minimum Gasteiger partial charge on any atom is -0.493 e. The molecule has 2 atom stereocenters. The molecular weight excluding hydrogens is 721 g/mol. The van der Waals surface area contributed by atoms with Crippen LogP contribution < -0.4 is 15.4 Å². The van der Waals surface area contributed by atoms with Crippen LogP contribution in [0.1, 0.15) is 151 Å². The zero-order valence-electron chi connectivity index (χ0n) is 35.0. The SMILES string of the molecule is C=C(Nc1ccc(C)c(OCCCCCCCCCCC2=CCCC3=C2C(=O)N(C2CCC(=O)NC2=O)C3=C)c1)C(C)C1CCC(c2ccnc3c2C=CCC3)CC1. The quantitative estimate of drug-likeness (QED) is 0.115. The van der Waals surface area contributed by atoms with E-state index < -0.39 is 11.9 Å². The first-order valence-corrected chi connectivity index (χ1v) is 22.3. The molecule has 0 radical (unpaired) electrons. The van der Waals surface area contributed by atoms with Crippen molar-refractivity contribution in [2.45, 2.75) is 148 Å². The first kappa shape index (κ1) is 41.4. The summed E-state index contributed by atoms with van der Waals surface area (Å²) >= 11 is 0. The number of carbonyl (C=O) groups excluding carboxylic acids is 3. The number of hydrogen-bond donors (Lipinski definition) is 2. The number of carbonyl (C=O) groups is 3. The Morgan fingerprint density at radius 3 is 2.48 bits per heavy atom. The predicted octanol–water partition coefficient (Wildman–Crippen LogP) is 11.0. The van der Waals surface area contributed by atoms with Gasteiger partial charge in [-0.3, -0.25) is 29.6 Å². The van der Waals surface area contributed by atoms with Gasteiger partial charge in [0.15, 0.2) is 0 Å². The van der Waals surface area contributed by atoms with Crippen LogP contribution in [0.2, 0.25) is 0 Å². The molecule has 3 heterocycles. The number of nitrogens with one attached hydrogen (secondary N) is 2. The van der Waals surface area contributed by atoms with Crippen molar-refractivity contribution < 1.29 is 19.1 Å². The molecule has 8 nitrogen and oxygen atoms in total. The average Bonchev–Trinajstić information content (AvgIpc) is 3.49. The van der Waals surface area contributed by atoms with E-state index in [4.69, 9.17) is 4.74 Å². The lowest BCUT2D eigenvalue weighted by molar-refractivity contribution is -0.141. The molecule has 1 aromatic heterocycles. The number of benzene rings is 1. The van der Waals surface area contributed by atoms with Gasteiger partial charge in [0.05, 0.1) is 6.61 Å². The molecule has 1 aromatic carbocycles. The van der Waals surface area contributed by atoms with E-state index in [1.54, 1.807) is 4.90 Å². The molecule has 8 heteroatoms. The van der Waals surface area contributed by atoms with Crippen LogP contribution in [0.15, 0.2) is 83.9 Å². The van der Waals surface area contributed by atoms with Crippen molar-refractivity contribution in [3.63, 3.8) is 0 Å². The second kappa shape index (κ2) is 19.4. The summed E-state index contributed by atoms with van der Waals surface area (Å²) in [4.78, 5) is 44.0. The highest BCUT2D eigenvalue weighted by Crippen LogP contribution is 2.44. The summed E-state index contributed by atoms with van der Waals surface area (Å²) in [6, 6.07) is 8.03. The Morgan fingerprint density at radius 1 is 0.948 bits per heavy atom. The molecule has 2 aromatic rings. The van der Waals surface area contributed by atoms with Crippen molar-refractivity contribution >= 4 is 29.5 Å².